The number of hydrogen-bond donors (Lipinski definition) is 0. The Morgan fingerprint density at radius 1 is 1.18 bits per heavy atom. The summed E-state index contributed by atoms with van der Waals surface area (Å²) < 4.78 is 0. The number of piperazine rings is 1. The van der Waals surface area contributed by atoms with E-state index in [1.807, 2.05) is 0 Å². The first-order valence-electron chi connectivity index (χ1n) is 6.31. The Kier molecular flexibility index (Phi) is 3.97. The van der Waals surface area contributed by atoms with Crippen LogP contribution in [0.2, 0.25) is 0 Å². The number of benzene rings is 1. The van der Waals surface area contributed by atoms with Crippen molar-refractivity contribution < 1.29 is 0 Å². The van der Waals surface area contributed by atoms with Crippen molar-refractivity contribution >= 4 is 5.57 Å². The van der Waals surface area contributed by atoms with Gasteiger partial charge in [-0.1, -0.05) is 36.4 Å². The van der Waals surface area contributed by atoms with E-state index in [1.54, 1.807) is 0 Å². The molecular formula is C15H22N2. The third-order valence-corrected chi connectivity index (χ3v) is 3.47. The highest BCUT2D eigenvalue weighted by Crippen LogP contribution is 2.19. The lowest BCUT2D eigenvalue weighted by Gasteiger charge is -2.32. The fourth-order valence-corrected chi connectivity index (χ4v) is 2.32. The molecule has 0 saturated carbocycles. The van der Waals surface area contributed by atoms with Gasteiger partial charge in [0.05, 0.1) is 0 Å². The van der Waals surface area contributed by atoms with E-state index in [4.69, 9.17) is 0 Å². The van der Waals surface area contributed by atoms with E-state index in [0.717, 1.165) is 12.1 Å². The van der Waals surface area contributed by atoms with Crippen molar-refractivity contribution in [3.8, 4) is 0 Å². The molecule has 0 unspecified atom stereocenters. The summed E-state index contributed by atoms with van der Waals surface area (Å²) in [6.07, 6.45) is 0. The molecule has 0 aromatic heterocycles. The smallest absolute Gasteiger partial charge is 0.0240 e. The van der Waals surface area contributed by atoms with Gasteiger partial charge in [-0.15, -0.1) is 0 Å². The molecule has 2 rings (SSSR count). The summed E-state index contributed by atoms with van der Waals surface area (Å²) in [6, 6.07) is 8.62. The van der Waals surface area contributed by atoms with E-state index in [2.05, 4.69) is 54.6 Å². The molecule has 1 saturated heterocycles. The van der Waals surface area contributed by atoms with Crippen molar-refractivity contribution in [1.29, 1.82) is 0 Å². The second-order valence-electron chi connectivity index (χ2n) is 5.02. The zero-order valence-electron chi connectivity index (χ0n) is 10.9. The van der Waals surface area contributed by atoms with Crippen LogP contribution >= 0.6 is 0 Å². The Balaban J connectivity index is 2.05. The largest absolute Gasteiger partial charge is 0.304 e. The molecule has 2 heteroatoms. The van der Waals surface area contributed by atoms with Gasteiger partial charge in [-0.2, -0.15) is 0 Å². The minimum Gasteiger partial charge on any atom is -0.304 e. The standard InChI is InChI=1S/C15H22N2/c1-13(2)15-7-5-4-6-14(15)12-17-10-8-16(3)9-11-17/h4-7H,1,8-12H2,2-3H3. The van der Waals surface area contributed by atoms with Gasteiger partial charge < -0.3 is 4.90 Å². The molecule has 1 fully saturated rings. The van der Waals surface area contributed by atoms with Gasteiger partial charge in [0.2, 0.25) is 0 Å². The van der Waals surface area contributed by atoms with Gasteiger partial charge in [-0.25, -0.2) is 0 Å². The van der Waals surface area contributed by atoms with Crippen LogP contribution in [-0.4, -0.2) is 43.0 Å². The highest BCUT2D eigenvalue weighted by molar-refractivity contribution is 5.64. The molecule has 1 heterocycles. The maximum atomic E-state index is 4.06. The number of hydrogen-bond acceptors (Lipinski definition) is 2. The average Bonchev–Trinajstić information content (AvgIpc) is 2.32. The molecular weight excluding hydrogens is 208 g/mol. The van der Waals surface area contributed by atoms with Crippen molar-refractivity contribution in [2.24, 2.45) is 0 Å². The summed E-state index contributed by atoms with van der Waals surface area (Å²) in [7, 11) is 2.19. The van der Waals surface area contributed by atoms with Crippen molar-refractivity contribution in [2.45, 2.75) is 13.5 Å². The van der Waals surface area contributed by atoms with Gasteiger partial charge in [0.15, 0.2) is 0 Å². The molecule has 0 bridgehead atoms. The van der Waals surface area contributed by atoms with Crippen LogP contribution in [-0.2, 0) is 6.54 Å². The predicted octanol–water partition coefficient (Wildman–Crippen LogP) is 2.47. The molecule has 1 aromatic rings. The van der Waals surface area contributed by atoms with Crippen molar-refractivity contribution in [2.75, 3.05) is 33.2 Å². The van der Waals surface area contributed by atoms with Crippen molar-refractivity contribution in [3.63, 3.8) is 0 Å². The molecule has 1 aliphatic rings. The summed E-state index contributed by atoms with van der Waals surface area (Å²) in [5, 5.41) is 0. The molecule has 0 amide bonds. The molecule has 17 heavy (non-hydrogen) atoms. The molecule has 0 aliphatic carbocycles. The van der Waals surface area contributed by atoms with Crippen LogP contribution in [0.5, 0.6) is 0 Å². The molecule has 1 aliphatic heterocycles. The highest BCUT2D eigenvalue weighted by atomic mass is 15.2. The number of likely N-dealkylation sites (N-methyl/N-ethyl adjacent to an activating group) is 1. The first kappa shape index (κ1) is 12.3. The zero-order valence-corrected chi connectivity index (χ0v) is 10.9. The number of allylic oxidation sites excluding steroid dienone is 1. The Morgan fingerprint density at radius 2 is 1.82 bits per heavy atom. The van der Waals surface area contributed by atoms with Crippen LogP contribution in [0.4, 0.5) is 0 Å². The van der Waals surface area contributed by atoms with Gasteiger partial charge >= 0.3 is 0 Å². The van der Waals surface area contributed by atoms with E-state index in [-0.39, 0.29) is 0 Å². The minimum absolute atomic E-state index is 1.05. The lowest BCUT2D eigenvalue weighted by atomic mass is 10.0. The Morgan fingerprint density at radius 3 is 2.47 bits per heavy atom. The Bertz CT molecular complexity index is 390. The summed E-state index contributed by atoms with van der Waals surface area (Å²) in [6.45, 7) is 11.9. The maximum absolute atomic E-state index is 4.06. The minimum atomic E-state index is 1.05. The van der Waals surface area contributed by atoms with Crippen LogP contribution in [0.1, 0.15) is 18.1 Å². The molecule has 0 spiro atoms. The van der Waals surface area contributed by atoms with Crippen LogP contribution in [0, 0.1) is 0 Å². The summed E-state index contributed by atoms with van der Waals surface area (Å²) in [5.41, 5.74) is 3.88. The second-order valence-corrected chi connectivity index (χ2v) is 5.02. The second kappa shape index (κ2) is 5.48. The normalized spacial score (nSPS) is 18.2. The maximum Gasteiger partial charge on any atom is 0.0240 e. The summed E-state index contributed by atoms with van der Waals surface area (Å²) in [4.78, 5) is 4.92. The van der Waals surface area contributed by atoms with Gasteiger partial charge in [-0.3, -0.25) is 4.90 Å². The Labute approximate surface area is 105 Å². The molecule has 2 nitrogen and oxygen atoms in total. The predicted molar refractivity (Wildman–Crippen MR) is 73.9 cm³/mol. The third-order valence-electron chi connectivity index (χ3n) is 3.47. The molecule has 0 radical (unpaired) electrons. The third kappa shape index (κ3) is 3.18. The van der Waals surface area contributed by atoms with Crippen molar-refractivity contribution in [1.82, 2.24) is 9.80 Å². The van der Waals surface area contributed by atoms with Crippen LogP contribution in [0.15, 0.2) is 30.8 Å². The van der Waals surface area contributed by atoms with E-state index >= 15 is 0 Å². The first-order valence-corrected chi connectivity index (χ1v) is 6.31. The van der Waals surface area contributed by atoms with Crippen LogP contribution in [0.25, 0.3) is 5.57 Å². The fourth-order valence-electron chi connectivity index (χ4n) is 2.32. The number of rotatable bonds is 3. The van der Waals surface area contributed by atoms with Gasteiger partial charge in [0.1, 0.15) is 0 Å². The fraction of sp³-hybridized carbons (Fsp3) is 0.467. The van der Waals surface area contributed by atoms with Crippen LogP contribution in [0.3, 0.4) is 0 Å². The van der Waals surface area contributed by atoms with Gasteiger partial charge in [-0.05, 0) is 25.1 Å². The molecule has 1 aromatic carbocycles. The molecule has 0 atom stereocenters. The topological polar surface area (TPSA) is 6.48 Å². The Hall–Kier alpha value is -1.12. The SMILES string of the molecule is C=C(C)c1ccccc1CN1CCN(C)CC1. The summed E-state index contributed by atoms with van der Waals surface area (Å²) in [5.74, 6) is 0. The number of nitrogens with zero attached hydrogens (tertiary/aromatic N) is 2. The molecule has 0 N–H and O–H groups in total. The monoisotopic (exact) mass is 230 g/mol. The van der Waals surface area contributed by atoms with E-state index in [1.165, 1.54) is 37.3 Å². The van der Waals surface area contributed by atoms with Crippen LogP contribution < -0.4 is 0 Å². The van der Waals surface area contributed by atoms with Crippen molar-refractivity contribution in [3.05, 3.63) is 42.0 Å². The quantitative estimate of drug-likeness (QED) is 0.787. The zero-order chi connectivity index (χ0) is 12.3. The van der Waals surface area contributed by atoms with Gasteiger partial charge in [0.25, 0.3) is 0 Å². The van der Waals surface area contributed by atoms with E-state index in [9.17, 15) is 0 Å². The van der Waals surface area contributed by atoms with Gasteiger partial charge in [0, 0.05) is 32.7 Å². The first-order chi connectivity index (χ1) is 8.16. The lowest BCUT2D eigenvalue weighted by molar-refractivity contribution is 0.148. The average molecular weight is 230 g/mol. The van der Waals surface area contributed by atoms with E-state index in [0.29, 0.717) is 0 Å². The highest BCUT2D eigenvalue weighted by Gasteiger charge is 2.15. The van der Waals surface area contributed by atoms with E-state index < -0.39 is 0 Å². The molecule has 92 valence electrons. The lowest BCUT2D eigenvalue weighted by Crippen LogP contribution is -2.43. The summed E-state index contributed by atoms with van der Waals surface area (Å²) >= 11 is 0.